The van der Waals surface area contributed by atoms with Gasteiger partial charge in [-0.05, 0) is 6.08 Å². The van der Waals surface area contributed by atoms with E-state index in [1.54, 1.807) is 0 Å². The highest BCUT2D eigenvalue weighted by Gasteiger charge is 1.50. The van der Waals surface area contributed by atoms with E-state index in [9.17, 15) is 4.79 Å². The minimum absolute atomic E-state index is 0.618. The molecular formula is C3H3ClO. The van der Waals surface area contributed by atoms with Gasteiger partial charge in [-0.1, -0.05) is 11.6 Å². The van der Waals surface area contributed by atoms with E-state index in [-0.39, 0.29) is 0 Å². The maximum Gasteiger partial charge on any atom is 0.143 e. The fourth-order valence-corrected chi connectivity index (χ4v) is 0.0891. The Balaban J connectivity index is 2.92. The van der Waals surface area contributed by atoms with E-state index in [0.29, 0.717) is 6.29 Å². The molecule has 0 unspecified atom stereocenters. The lowest BCUT2D eigenvalue weighted by molar-refractivity contribution is -0.104. The third kappa shape index (κ3) is 3.70. The highest BCUT2D eigenvalue weighted by atomic mass is 35.5. The number of allylic oxidation sites excluding steroid dienone is 1. The van der Waals surface area contributed by atoms with Crippen molar-refractivity contribution in [2.45, 2.75) is 0 Å². The maximum absolute atomic E-state index is 9.23. The average molecular weight is 90.5 g/mol. The van der Waals surface area contributed by atoms with Crippen LogP contribution in [0.5, 0.6) is 0 Å². The van der Waals surface area contributed by atoms with Crippen LogP contribution in [0.4, 0.5) is 0 Å². The van der Waals surface area contributed by atoms with Gasteiger partial charge in [0.1, 0.15) is 6.29 Å². The van der Waals surface area contributed by atoms with Crippen LogP contribution in [0.1, 0.15) is 0 Å². The molecule has 0 aromatic rings. The summed E-state index contributed by atoms with van der Waals surface area (Å²) < 4.78 is 0. The van der Waals surface area contributed by atoms with E-state index in [2.05, 4.69) is 0 Å². The van der Waals surface area contributed by atoms with E-state index < -0.39 is 0 Å². The fourth-order valence-electron chi connectivity index (χ4n) is 0.0297. The van der Waals surface area contributed by atoms with E-state index in [1.807, 2.05) is 0 Å². The number of carbonyl (C=O) groups is 1. The Hall–Kier alpha value is -0.300. The molecule has 1 nitrogen and oxygen atoms in total. The summed E-state index contributed by atoms with van der Waals surface area (Å²) in [5.41, 5.74) is 1.16. The third-order valence-electron chi connectivity index (χ3n) is 0.151. The quantitative estimate of drug-likeness (QED) is 0.346. The van der Waals surface area contributed by atoms with Gasteiger partial charge < -0.3 is 0 Å². The number of carbonyl (C=O) groups excluding carboxylic acids is 1. The van der Waals surface area contributed by atoms with Gasteiger partial charge in [-0.25, -0.2) is 0 Å². The van der Waals surface area contributed by atoms with Gasteiger partial charge in [0.15, 0.2) is 0 Å². The normalized spacial score (nSPS) is 9.00. The van der Waals surface area contributed by atoms with Crippen LogP contribution >= 0.6 is 11.6 Å². The van der Waals surface area contributed by atoms with Crippen LogP contribution in [0, 0.1) is 0 Å². The summed E-state index contributed by atoms with van der Waals surface area (Å²) in [7, 11) is 0. The zero-order valence-corrected chi connectivity index (χ0v) is 3.27. The lowest BCUT2D eigenvalue weighted by atomic mass is 10.7. The van der Waals surface area contributed by atoms with Crippen LogP contribution in [0.2, 0.25) is 0 Å². The molecule has 2 heteroatoms. The molecule has 0 N–H and O–H groups in total. The van der Waals surface area contributed by atoms with Crippen molar-refractivity contribution < 1.29 is 4.79 Å². The first kappa shape index (κ1) is 4.70. The van der Waals surface area contributed by atoms with Gasteiger partial charge in [-0.15, -0.1) is 0 Å². The first-order chi connectivity index (χ1) is 2.41. The summed E-state index contributed by atoms with van der Waals surface area (Å²) in [6.07, 6.45) is 1.83. The minimum Gasteiger partial charge on any atom is -0.299 e. The van der Waals surface area contributed by atoms with Crippen molar-refractivity contribution >= 4 is 17.9 Å². The average Bonchev–Trinajstić information content (AvgIpc) is 1.41. The van der Waals surface area contributed by atoms with E-state index in [1.165, 1.54) is 6.08 Å². The molecular weight excluding hydrogens is 87.5 g/mol. The summed E-state index contributed by atoms with van der Waals surface area (Å²) in [5.74, 6) is 0. The van der Waals surface area contributed by atoms with Crippen LogP contribution in [0.3, 0.4) is 0 Å². The fraction of sp³-hybridized carbons (Fsp3) is 0. The number of aldehydes is 1. The molecule has 0 fully saturated rings. The third-order valence-corrected chi connectivity index (χ3v) is 0.297. The largest absolute Gasteiger partial charge is 0.299 e. The smallest absolute Gasteiger partial charge is 0.143 e. The molecule has 0 aliphatic rings. The molecule has 0 aliphatic carbocycles. The van der Waals surface area contributed by atoms with Gasteiger partial charge in [0, 0.05) is 5.54 Å². The first-order valence-corrected chi connectivity index (χ1v) is 1.56. The number of halogens is 1. The lowest BCUT2D eigenvalue weighted by Crippen LogP contribution is -1.48. The predicted molar refractivity (Wildman–Crippen MR) is 21.1 cm³/mol. The highest BCUT2D eigenvalue weighted by Crippen LogP contribution is 1.69. The van der Waals surface area contributed by atoms with Crippen molar-refractivity contribution in [3.8, 4) is 0 Å². The Bertz CT molecular complexity index is 48.9. The molecule has 0 amide bonds. The van der Waals surface area contributed by atoms with Gasteiger partial charge in [-0.3, -0.25) is 4.79 Å². The Morgan fingerprint density at radius 2 is 2.20 bits per heavy atom. The summed E-state index contributed by atoms with van der Waals surface area (Å²) in [5, 5.41) is 0. The van der Waals surface area contributed by atoms with Crippen LogP contribution in [-0.4, -0.2) is 6.29 Å². The molecule has 0 radical (unpaired) electrons. The Morgan fingerprint density at radius 3 is 2.20 bits per heavy atom. The summed E-state index contributed by atoms with van der Waals surface area (Å²) in [4.78, 5) is 9.23. The monoisotopic (exact) mass is 90.0 g/mol. The van der Waals surface area contributed by atoms with Crippen molar-refractivity contribution in [2.75, 3.05) is 0 Å². The maximum atomic E-state index is 9.23. The molecule has 5 heavy (non-hydrogen) atoms. The van der Waals surface area contributed by atoms with Gasteiger partial charge in [-0.2, -0.15) is 0 Å². The molecule has 0 aromatic carbocycles. The molecule has 0 saturated carbocycles. The summed E-state index contributed by atoms with van der Waals surface area (Å²) in [6.45, 7) is 0. The van der Waals surface area contributed by atoms with Crippen molar-refractivity contribution in [1.29, 1.82) is 0 Å². The Morgan fingerprint density at radius 1 is 1.60 bits per heavy atom. The second kappa shape index (κ2) is 3.70. The molecule has 0 saturated heterocycles. The number of rotatable bonds is 1. The topological polar surface area (TPSA) is 17.1 Å². The molecule has 0 aliphatic heterocycles. The standard InChI is InChI=1S/C3H3ClO/c4-2-1-3-5/h1-3H/b2-1+. The first-order valence-electron chi connectivity index (χ1n) is 1.12. The number of hydrogen-bond acceptors (Lipinski definition) is 1. The van der Waals surface area contributed by atoms with Crippen LogP contribution < -0.4 is 0 Å². The Labute approximate surface area is 35.2 Å². The zero-order chi connectivity index (χ0) is 4.12. The van der Waals surface area contributed by atoms with Crippen molar-refractivity contribution in [3.63, 3.8) is 0 Å². The summed E-state index contributed by atoms with van der Waals surface area (Å²) in [6, 6.07) is 0. The zero-order valence-electron chi connectivity index (χ0n) is 2.52. The second-order valence-electron chi connectivity index (χ2n) is 0.455. The lowest BCUT2D eigenvalue weighted by Gasteiger charge is -1.48. The van der Waals surface area contributed by atoms with E-state index >= 15 is 0 Å². The molecule has 0 spiro atoms. The van der Waals surface area contributed by atoms with Crippen molar-refractivity contribution in [2.24, 2.45) is 0 Å². The van der Waals surface area contributed by atoms with E-state index in [0.717, 1.165) is 5.54 Å². The van der Waals surface area contributed by atoms with Gasteiger partial charge >= 0.3 is 0 Å². The second-order valence-corrected chi connectivity index (χ2v) is 0.706. The van der Waals surface area contributed by atoms with Gasteiger partial charge in [0.2, 0.25) is 0 Å². The molecule has 28 valence electrons. The highest BCUT2D eigenvalue weighted by molar-refractivity contribution is 6.26. The molecule has 0 aromatic heterocycles. The minimum atomic E-state index is 0.618. The molecule has 0 heterocycles. The molecule has 0 bridgehead atoms. The van der Waals surface area contributed by atoms with Crippen LogP contribution in [-0.2, 0) is 4.79 Å². The van der Waals surface area contributed by atoms with Crippen molar-refractivity contribution in [3.05, 3.63) is 11.6 Å². The molecule has 0 rings (SSSR count). The molecule has 0 atom stereocenters. The number of hydrogen-bond donors (Lipinski definition) is 0. The SMILES string of the molecule is O=C/C=C/Cl. The van der Waals surface area contributed by atoms with Gasteiger partial charge in [0.25, 0.3) is 0 Å². The predicted octanol–water partition coefficient (Wildman–Crippen LogP) is 0.938. The van der Waals surface area contributed by atoms with Gasteiger partial charge in [0.05, 0.1) is 0 Å². The van der Waals surface area contributed by atoms with Crippen molar-refractivity contribution in [1.82, 2.24) is 0 Å². The Kier molecular flexibility index (Phi) is 3.48. The van der Waals surface area contributed by atoms with Crippen LogP contribution in [0.25, 0.3) is 0 Å². The van der Waals surface area contributed by atoms with Crippen LogP contribution in [0.15, 0.2) is 11.6 Å². The van der Waals surface area contributed by atoms with E-state index in [4.69, 9.17) is 11.6 Å². The summed E-state index contributed by atoms with van der Waals surface area (Å²) >= 11 is 4.89.